The van der Waals surface area contributed by atoms with Gasteiger partial charge in [-0.2, -0.15) is 5.10 Å². The van der Waals surface area contributed by atoms with Crippen LogP contribution in [0.25, 0.3) is 0 Å². The lowest BCUT2D eigenvalue weighted by Crippen LogP contribution is -2.47. The fourth-order valence-corrected chi connectivity index (χ4v) is 4.18. The highest BCUT2D eigenvalue weighted by atomic mass is 16.7. The quantitative estimate of drug-likeness (QED) is 0.909. The van der Waals surface area contributed by atoms with Crippen molar-refractivity contribution in [2.75, 3.05) is 26.3 Å². The molecule has 2 aliphatic heterocycles. The summed E-state index contributed by atoms with van der Waals surface area (Å²) < 4.78 is 11.5. The zero-order chi connectivity index (χ0) is 15.7. The van der Waals surface area contributed by atoms with Gasteiger partial charge in [0, 0.05) is 31.8 Å². The Morgan fingerprint density at radius 3 is 2.57 bits per heavy atom. The van der Waals surface area contributed by atoms with Crippen molar-refractivity contribution in [3.63, 3.8) is 0 Å². The number of amides is 1. The van der Waals surface area contributed by atoms with Gasteiger partial charge in [0.05, 0.1) is 30.7 Å². The monoisotopic (exact) mass is 319 g/mol. The van der Waals surface area contributed by atoms with Gasteiger partial charge in [-0.3, -0.25) is 9.89 Å². The van der Waals surface area contributed by atoms with Gasteiger partial charge in [-0.15, -0.1) is 0 Å². The normalized spacial score (nSPS) is 25.1. The number of carbonyl (C=O) groups excluding carboxylic acids is 1. The molecule has 4 rings (SSSR count). The van der Waals surface area contributed by atoms with Crippen LogP contribution < -0.4 is 0 Å². The number of hydrogen-bond acceptors (Lipinski definition) is 4. The van der Waals surface area contributed by atoms with Crippen LogP contribution in [0.2, 0.25) is 0 Å². The van der Waals surface area contributed by atoms with Crippen molar-refractivity contribution in [1.82, 2.24) is 15.1 Å². The van der Waals surface area contributed by atoms with Crippen molar-refractivity contribution >= 4 is 5.91 Å². The fourth-order valence-electron chi connectivity index (χ4n) is 4.18. The SMILES string of the molecule is O=C(c1cn[nH]c1C1CCCCC1)N1CCC2(CC1)OCCO2. The Kier molecular flexibility index (Phi) is 4.11. The Morgan fingerprint density at radius 1 is 1.17 bits per heavy atom. The summed E-state index contributed by atoms with van der Waals surface area (Å²) in [6.45, 7) is 2.71. The maximum atomic E-state index is 12.9. The van der Waals surface area contributed by atoms with Crippen LogP contribution in [0.5, 0.6) is 0 Å². The lowest BCUT2D eigenvalue weighted by Gasteiger charge is -2.37. The standard InChI is InChI=1S/C17H25N3O3/c21-16(20-8-6-17(7-9-20)22-10-11-23-17)14-12-18-19-15(14)13-4-2-1-3-5-13/h12-13H,1-11H2,(H,18,19). The van der Waals surface area contributed by atoms with Gasteiger partial charge < -0.3 is 14.4 Å². The van der Waals surface area contributed by atoms with E-state index in [1.54, 1.807) is 6.20 Å². The molecule has 126 valence electrons. The smallest absolute Gasteiger partial charge is 0.257 e. The van der Waals surface area contributed by atoms with E-state index in [1.807, 2.05) is 4.90 Å². The number of nitrogens with zero attached hydrogens (tertiary/aromatic N) is 2. The van der Waals surface area contributed by atoms with E-state index in [4.69, 9.17) is 9.47 Å². The van der Waals surface area contributed by atoms with Gasteiger partial charge >= 0.3 is 0 Å². The Morgan fingerprint density at radius 2 is 1.87 bits per heavy atom. The molecule has 0 bridgehead atoms. The first-order valence-electron chi connectivity index (χ1n) is 8.88. The molecular formula is C17H25N3O3. The summed E-state index contributed by atoms with van der Waals surface area (Å²) in [5.41, 5.74) is 1.81. The highest BCUT2D eigenvalue weighted by Crippen LogP contribution is 2.35. The minimum atomic E-state index is -0.431. The van der Waals surface area contributed by atoms with Crippen molar-refractivity contribution in [3.8, 4) is 0 Å². The minimum absolute atomic E-state index is 0.104. The number of piperidine rings is 1. The summed E-state index contributed by atoms with van der Waals surface area (Å²) in [6.07, 6.45) is 9.35. The number of ether oxygens (including phenoxy) is 2. The van der Waals surface area contributed by atoms with Crippen molar-refractivity contribution in [2.45, 2.75) is 56.7 Å². The number of likely N-dealkylation sites (tertiary alicyclic amines) is 1. The first-order chi connectivity index (χ1) is 11.3. The molecule has 3 aliphatic rings. The van der Waals surface area contributed by atoms with Crippen LogP contribution in [0.1, 0.15) is 66.9 Å². The molecule has 1 saturated carbocycles. The van der Waals surface area contributed by atoms with Gasteiger partial charge in [-0.05, 0) is 12.8 Å². The number of aromatic nitrogens is 2. The van der Waals surface area contributed by atoms with E-state index in [0.29, 0.717) is 32.2 Å². The summed E-state index contributed by atoms with van der Waals surface area (Å²) in [5.74, 6) is 0.134. The molecule has 3 heterocycles. The van der Waals surface area contributed by atoms with Crippen LogP contribution in [0.15, 0.2) is 6.20 Å². The van der Waals surface area contributed by atoms with E-state index in [-0.39, 0.29) is 5.91 Å². The van der Waals surface area contributed by atoms with Gasteiger partial charge in [0.1, 0.15) is 0 Å². The van der Waals surface area contributed by atoms with Crippen LogP contribution in [-0.4, -0.2) is 53.1 Å². The zero-order valence-corrected chi connectivity index (χ0v) is 13.6. The highest BCUT2D eigenvalue weighted by molar-refractivity contribution is 5.95. The summed E-state index contributed by atoms with van der Waals surface area (Å²) in [4.78, 5) is 14.8. The second-order valence-corrected chi connectivity index (χ2v) is 6.93. The third kappa shape index (κ3) is 2.90. The average molecular weight is 319 g/mol. The predicted octanol–water partition coefficient (Wildman–Crippen LogP) is 2.44. The number of aromatic amines is 1. The lowest BCUT2D eigenvalue weighted by molar-refractivity contribution is -0.181. The first-order valence-corrected chi connectivity index (χ1v) is 8.88. The number of carbonyl (C=O) groups is 1. The van der Waals surface area contributed by atoms with Gasteiger partial charge in [0.25, 0.3) is 5.91 Å². The summed E-state index contributed by atoms with van der Waals surface area (Å²) >= 11 is 0. The molecular weight excluding hydrogens is 294 g/mol. The van der Waals surface area contributed by atoms with Crippen LogP contribution in [-0.2, 0) is 9.47 Å². The van der Waals surface area contributed by atoms with E-state index >= 15 is 0 Å². The maximum absolute atomic E-state index is 12.9. The molecule has 1 aliphatic carbocycles. The van der Waals surface area contributed by atoms with Crippen molar-refractivity contribution in [3.05, 3.63) is 17.5 Å². The molecule has 1 amide bonds. The van der Waals surface area contributed by atoms with Gasteiger partial charge in [-0.25, -0.2) is 0 Å². The van der Waals surface area contributed by atoms with Crippen LogP contribution in [0.3, 0.4) is 0 Å². The number of nitrogens with one attached hydrogen (secondary N) is 1. The second-order valence-electron chi connectivity index (χ2n) is 6.93. The Hall–Kier alpha value is -1.40. The highest BCUT2D eigenvalue weighted by Gasteiger charge is 2.41. The molecule has 23 heavy (non-hydrogen) atoms. The number of rotatable bonds is 2. The minimum Gasteiger partial charge on any atom is -0.347 e. The fraction of sp³-hybridized carbons (Fsp3) is 0.765. The van der Waals surface area contributed by atoms with E-state index in [9.17, 15) is 4.79 Å². The van der Waals surface area contributed by atoms with Crippen LogP contribution in [0.4, 0.5) is 0 Å². The van der Waals surface area contributed by atoms with Crippen molar-refractivity contribution in [2.24, 2.45) is 0 Å². The largest absolute Gasteiger partial charge is 0.347 e. The summed E-state index contributed by atoms with van der Waals surface area (Å²) in [7, 11) is 0. The summed E-state index contributed by atoms with van der Waals surface area (Å²) in [6, 6.07) is 0. The third-order valence-corrected chi connectivity index (χ3v) is 5.54. The molecule has 0 aromatic carbocycles. The molecule has 0 unspecified atom stereocenters. The molecule has 1 aromatic rings. The summed E-state index contributed by atoms with van der Waals surface area (Å²) in [5, 5.41) is 7.26. The average Bonchev–Trinajstić information content (AvgIpc) is 3.26. The topological polar surface area (TPSA) is 67.5 Å². The molecule has 0 radical (unpaired) electrons. The molecule has 1 aromatic heterocycles. The van der Waals surface area contributed by atoms with Crippen LogP contribution >= 0.6 is 0 Å². The molecule has 2 saturated heterocycles. The Balaban J connectivity index is 1.44. The molecule has 3 fully saturated rings. The van der Waals surface area contributed by atoms with E-state index in [0.717, 1.165) is 36.9 Å². The Bertz CT molecular complexity index is 549. The van der Waals surface area contributed by atoms with Gasteiger partial charge in [0.15, 0.2) is 5.79 Å². The number of hydrogen-bond donors (Lipinski definition) is 1. The van der Waals surface area contributed by atoms with E-state index < -0.39 is 5.79 Å². The van der Waals surface area contributed by atoms with Gasteiger partial charge in [-0.1, -0.05) is 19.3 Å². The maximum Gasteiger partial charge on any atom is 0.257 e. The molecule has 0 atom stereocenters. The second kappa shape index (κ2) is 6.24. The molecule has 6 heteroatoms. The van der Waals surface area contributed by atoms with Gasteiger partial charge in [0.2, 0.25) is 0 Å². The first kappa shape index (κ1) is 15.1. The zero-order valence-electron chi connectivity index (χ0n) is 13.6. The van der Waals surface area contributed by atoms with Crippen LogP contribution in [0, 0.1) is 0 Å². The molecule has 1 spiro atoms. The lowest BCUT2D eigenvalue weighted by atomic mass is 9.85. The third-order valence-electron chi connectivity index (χ3n) is 5.54. The molecule has 6 nitrogen and oxygen atoms in total. The van der Waals surface area contributed by atoms with Crippen molar-refractivity contribution < 1.29 is 14.3 Å². The predicted molar refractivity (Wildman–Crippen MR) is 84.2 cm³/mol. The van der Waals surface area contributed by atoms with E-state index in [1.165, 1.54) is 19.3 Å². The van der Waals surface area contributed by atoms with Crippen molar-refractivity contribution in [1.29, 1.82) is 0 Å². The molecule has 1 N–H and O–H groups in total. The number of H-pyrrole nitrogens is 1. The Labute approximate surface area is 136 Å². The van der Waals surface area contributed by atoms with E-state index in [2.05, 4.69) is 10.2 Å².